The first-order valence-corrected chi connectivity index (χ1v) is 8.50. The van der Waals surface area contributed by atoms with E-state index in [-0.39, 0.29) is 11.9 Å². The highest BCUT2D eigenvalue weighted by molar-refractivity contribution is 9.11. The van der Waals surface area contributed by atoms with Gasteiger partial charge in [0.2, 0.25) is 5.91 Å². The van der Waals surface area contributed by atoms with Crippen LogP contribution < -0.4 is 5.32 Å². The zero-order valence-electron chi connectivity index (χ0n) is 11.8. The van der Waals surface area contributed by atoms with Gasteiger partial charge in [0.05, 0.1) is 9.20 Å². The van der Waals surface area contributed by atoms with Gasteiger partial charge in [-0.15, -0.1) is 11.3 Å². The topological polar surface area (TPSA) is 66.4 Å². The highest BCUT2D eigenvalue weighted by Crippen LogP contribution is 2.36. The second kappa shape index (κ2) is 6.75. The first-order chi connectivity index (χ1) is 9.91. The number of carbonyl (C=O) groups is 2. The van der Waals surface area contributed by atoms with Gasteiger partial charge in [-0.3, -0.25) is 9.59 Å². The predicted molar refractivity (Wildman–Crippen MR) is 87.2 cm³/mol. The number of nitrogens with one attached hydrogen (secondary N) is 1. The number of amides is 1. The fourth-order valence-electron chi connectivity index (χ4n) is 2.62. The zero-order chi connectivity index (χ0) is 15.5. The summed E-state index contributed by atoms with van der Waals surface area (Å²) in [5.74, 6) is -1.07. The molecule has 21 heavy (non-hydrogen) atoms. The lowest BCUT2D eigenvalue weighted by atomic mass is 9.71. The minimum absolute atomic E-state index is 0.237. The van der Waals surface area contributed by atoms with Crippen molar-refractivity contribution in [1.29, 1.82) is 0 Å². The molecule has 1 aliphatic carbocycles. The maximum Gasteiger partial charge on any atom is 0.311 e. The molecule has 1 heterocycles. The largest absolute Gasteiger partial charge is 0.481 e. The van der Waals surface area contributed by atoms with Crippen molar-refractivity contribution in [2.45, 2.75) is 38.6 Å². The molecule has 114 valence electrons. The first-order valence-electron chi connectivity index (χ1n) is 6.89. The fourth-order valence-corrected chi connectivity index (χ4v) is 3.94. The molecule has 1 aromatic heterocycles. The van der Waals surface area contributed by atoms with Crippen LogP contribution in [0.3, 0.4) is 0 Å². The lowest BCUT2D eigenvalue weighted by Gasteiger charge is -2.38. The van der Waals surface area contributed by atoms with Gasteiger partial charge in [-0.2, -0.15) is 0 Å². The molecular weight excluding hydrogens is 354 g/mol. The van der Waals surface area contributed by atoms with E-state index >= 15 is 0 Å². The van der Waals surface area contributed by atoms with Crippen molar-refractivity contribution in [2.24, 2.45) is 5.41 Å². The van der Waals surface area contributed by atoms with Gasteiger partial charge in [-0.1, -0.05) is 12.8 Å². The van der Waals surface area contributed by atoms with Crippen molar-refractivity contribution in [2.75, 3.05) is 0 Å². The van der Waals surface area contributed by atoms with Crippen LogP contribution in [0, 0.1) is 5.41 Å². The Labute approximate surface area is 136 Å². The predicted octanol–water partition coefficient (Wildman–Crippen LogP) is 3.67. The van der Waals surface area contributed by atoms with Crippen molar-refractivity contribution in [1.82, 2.24) is 5.32 Å². The molecule has 1 aromatic rings. The van der Waals surface area contributed by atoms with Gasteiger partial charge in [0.1, 0.15) is 0 Å². The number of carboxylic acid groups (broad SMARTS) is 1. The van der Waals surface area contributed by atoms with Gasteiger partial charge >= 0.3 is 5.97 Å². The highest BCUT2D eigenvalue weighted by atomic mass is 79.9. The van der Waals surface area contributed by atoms with Gasteiger partial charge in [0.25, 0.3) is 0 Å². The van der Waals surface area contributed by atoms with Crippen molar-refractivity contribution < 1.29 is 14.7 Å². The van der Waals surface area contributed by atoms with E-state index in [4.69, 9.17) is 0 Å². The molecule has 2 atom stereocenters. The number of aliphatic carboxylic acids is 1. The molecule has 6 heteroatoms. The van der Waals surface area contributed by atoms with E-state index in [1.165, 1.54) is 17.4 Å². The molecule has 0 spiro atoms. The maximum atomic E-state index is 12.0. The fraction of sp³-hybridized carbons (Fsp3) is 0.467. The average Bonchev–Trinajstić information content (AvgIpc) is 2.85. The third-order valence-electron chi connectivity index (χ3n) is 4.01. The van der Waals surface area contributed by atoms with Crippen molar-refractivity contribution in [3.8, 4) is 0 Å². The molecular formula is C15H18BrNO3S. The summed E-state index contributed by atoms with van der Waals surface area (Å²) in [6.45, 7) is 1.72. The van der Waals surface area contributed by atoms with Gasteiger partial charge < -0.3 is 10.4 Å². The molecule has 1 saturated carbocycles. The molecule has 1 fully saturated rings. The summed E-state index contributed by atoms with van der Waals surface area (Å²) in [5, 5.41) is 12.3. The van der Waals surface area contributed by atoms with E-state index < -0.39 is 11.4 Å². The number of hydrogen-bond acceptors (Lipinski definition) is 3. The van der Waals surface area contributed by atoms with E-state index in [9.17, 15) is 14.7 Å². The molecule has 1 amide bonds. The summed E-state index contributed by atoms with van der Waals surface area (Å²) in [5.41, 5.74) is -0.867. The number of carboxylic acids is 1. The van der Waals surface area contributed by atoms with E-state index in [1.54, 1.807) is 13.0 Å². The van der Waals surface area contributed by atoms with Crippen LogP contribution in [0.25, 0.3) is 6.08 Å². The maximum absolute atomic E-state index is 12.0. The van der Waals surface area contributed by atoms with Crippen LogP contribution in [0.5, 0.6) is 0 Å². The van der Waals surface area contributed by atoms with E-state index in [2.05, 4.69) is 21.2 Å². The quantitative estimate of drug-likeness (QED) is 0.793. The number of rotatable bonds is 4. The van der Waals surface area contributed by atoms with E-state index in [0.29, 0.717) is 12.8 Å². The van der Waals surface area contributed by atoms with Crippen LogP contribution in [0.4, 0.5) is 0 Å². The Morgan fingerprint density at radius 3 is 2.86 bits per heavy atom. The number of hydrogen-bond donors (Lipinski definition) is 2. The summed E-state index contributed by atoms with van der Waals surface area (Å²) >= 11 is 4.90. The normalized spacial score (nSPS) is 25.9. The van der Waals surface area contributed by atoms with Crippen molar-refractivity contribution in [3.05, 3.63) is 26.9 Å². The number of thiophene rings is 1. The van der Waals surface area contributed by atoms with Crippen LogP contribution in [-0.2, 0) is 9.59 Å². The van der Waals surface area contributed by atoms with Crippen molar-refractivity contribution >= 4 is 45.2 Å². The van der Waals surface area contributed by atoms with Crippen LogP contribution in [0.1, 0.15) is 37.5 Å². The molecule has 0 radical (unpaired) electrons. The first kappa shape index (κ1) is 16.2. The zero-order valence-corrected chi connectivity index (χ0v) is 14.2. The van der Waals surface area contributed by atoms with Crippen LogP contribution in [0.2, 0.25) is 0 Å². The second-order valence-corrected chi connectivity index (χ2v) is 8.00. The SMILES string of the molecule is CC1(C(=O)O)CCCCC1NC(=O)/C=C/c1ccc(Br)s1. The summed E-state index contributed by atoms with van der Waals surface area (Å²) in [7, 11) is 0. The molecule has 2 rings (SSSR count). The monoisotopic (exact) mass is 371 g/mol. The van der Waals surface area contributed by atoms with E-state index in [0.717, 1.165) is 21.5 Å². The summed E-state index contributed by atoms with van der Waals surface area (Å²) < 4.78 is 1.01. The molecule has 2 N–H and O–H groups in total. The lowest BCUT2D eigenvalue weighted by Crippen LogP contribution is -2.51. The molecule has 0 aliphatic heterocycles. The minimum atomic E-state index is -0.867. The number of carbonyl (C=O) groups excluding carboxylic acids is 1. The molecule has 0 saturated heterocycles. The number of halogens is 1. The van der Waals surface area contributed by atoms with Gasteiger partial charge in [0, 0.05) is 17.0 Å². The van der Waals surface area contributed by atoms with Crippen LogP contribution in [-0.4, -0.2) is 23.0 Å². The molecule has 0 bridgehead atoms. The minimum Gasteiger partial charge on any atom is -0.481 e. The Kier molecular flexibility index (Phi) is 5.22. The van der Waals surface area contributed by atoms with Gasteiger partial charge in [-0.05, 0) is 53.9 Å². The Morgan fingerprint density at radius 2 is 2.24 bits per heavy atom. The van der Waals surface area contributed by atoms with Gasteiger partial charge in [-0.25, -0.2) is 0 Å². The Morgan fingerprint density at radius 1 is 1.48 bits per heavy atom. The standard InChI is InChI=1S/C15H18BrNO3S/c1-15(14(19)20)9-3-2-4-11(15)17-13(18)8-6-10-5-7-12(16)21-10/h5-8,11H,2-4,9H2,1H3,(H,17,18)(H,19,20)/b8-6+. The summed E-state index contributed by atoms with van der Waals surface area (Å²) in [4.78, 5) is 24.5. The molecule has 2 unspecified atom stereocenters. The third-order valence-corrected chi connectivity index (χ3v) is 5.59. The summed E-state index contributed by atoms with van der Waals surface area (Å²) in [6.07, 6.45) is 6.38. The Hall–Kier alpha value is -1.14. The van der Waals surface area contributed by atoms with Crippen LogP contribution in [0.15, 0.2) is 22.0 Å². The van der Waals surface area contributed by atoms with Crippen molar-refractivity contribution in [3.63, 3.8) is 0 Å². The Bertz CT molecular complexity index is 569. The Balaban J connectivity index is 2.00. The highest BCUT2D eigenvalue weighted by Gasteiger charge is 2.43. The smallest absolute Gasteiger partial charge is 0.311 e. The third kappa shape index (κ3) is 3.95. The summed E-state index contributed by atoms with van der Waals surface area (Å²) in [6, 6.07) is 3.53. The molecule has 1 aliphatic rings. The van der Waals surface area contributed by atoms with E-state index in [1.807, 2.05) is 12.1 Å². The average molecular weight is 372 g/mol. The molecule has 0 aromatic carbocycles. The molecule has 4 nitrogen and oxygen atoms in total. The van der Waals surface area contributed by atoms with Gasteiger partial charge in [0.15, 0.2) is 0 Å². The second-order valence-electron chi connectivity index (χ2n) is 5.50. The van der Waals surface area contributed by atoms with Crippen LogP contribution >= 0.6 is 27.3 Å². The lowest BCUT2D eigenvalue weighted by molar-refractivity contribution is -0.151.